The van der Waals surface area contributed by atoms with Gasteiger partial charge in [0.05, 0.1) is 5.52 Å². The Bertz CT molecular complexity index is 1330. The molecule has 1 aliphatic rings. The number of aromatic nitrogens is 3. The maximum absolute atomic E-state index is 12.9. The minimum atomic E-state index is -0.294. The van der Waals surface area contributed by atoms with Gasteiger partial charge in [-0.15, -0.1) is 0 Å². The van der Waals surface area contributed by atoms with Crippen molar-refractivity contribution in [1.29, 1.82) is 0 Å². The SMILES string of the molecule is O=C(Nc1cccc(Oc2cccc3[nH]c(=O)[nH]c23)c1)c1ccnc(N2CCSCC2)c1. The first kappa shape index (κ1) is 20.2. The monoisotopic (exact) mass is 447 g/mol. The van der Waals surface area contributed by atoms with Crippen LogP contribution in [0.2, 0.25) is 0 Å². The largest absolute Gasteiger partial charge is 0.455 e. The Labute approximate surface area is 188 Å². The number of nitrogens with zero attached hydrogens (tertiary/aromatic N) is 2. The summed E-state index contributed by atoms with van der Waals surface area (Å²) in [6.45, 7) is 1.86. The highest BCUT2D eigenvalue weighted by atomic mass is 32.2. The first-order valence-corrected chi connectivity index (χ1v) is 11.4. The summed E-state index contributed by atoms with van der Waals surface area (Å²) in [4.78, 5) is 36.5. The molecule has 0 saturated carbocycles. The number of thioether (sulfide) groups is 1. The van der Waals surface area contributed by atoms with E-state index in [9.17, 15) is 9.59 Å². The summed E-state index contributed by atoms with van der Waals surface area (Å²) in [7, 11) is 0. The van der Waals surface area contributed by atoms with Gasteiger partial charge in [-0.2, -0.15) is 11.8 Å². The zero-order valence-electron chi connectivity index (χ0n) is 17.1. The van der Waals surface area contributed by atoms with Crippen LogP contribution in [0.25, 0.3) is 11.0 Å². The second-order valence-corrected chi connectivity index (χ2v) is 8.57. The lowest BCUT2D eigenvalue weighted by Crippen LogP contribution is -2.33. The van der Waals surface area contributed by atoms with E-state index >= 15 is 0 Å². The molecule has 1 aliphatic heterocycles. The second kappa shape index (κ2) is 8.80. The molecular weight excluding hydrogens is 426 g/mol. The zero-order chi connectivity index (χ0) is 21.9. The van der Waals surface area contributed by atoms with Gasteiger partial charge < -0.3 is 24.9 Å². The van der Waals surface area contributed by atoms with Crippen molar-refractivity contribution < 1.29 is 9.53 Å². The lowest BCUT2D eigenvalue weighted by Gasteiger charge is -2.27. The molecule has 4 aromatic rings. The molecule has 0 atom stereocenters. The first-order chi connectivity index (χ1) is 15.7. The van der Waals surface area contributed by atoms with Crippen molar-refractivity contribution in [3.8, 4) is 11.5 Å². The number of ether oxygens (including phenoxy) is 1. The van der Waals surface area contributed by atoms with Gasteiger partial charge >= 0.3 is 5.69 Å². The molecule has 8 nitrogen and oxygen atoms in total. The number of para-hydroxylation sites is 1. The van der Waals surface area contributed by atoms with Gasteiger partial charge in [0.2, 0.25) is 0 Å². The van der Waals surface area contributed by atoms with Crippen LogP contribution in [0.5, 0.6) is 11.5 Å². The number of nitrogens with one attached hydrogen (secondary N) is 3. The van der Waals surface area contributed by atoms with Crippen LogP contribution in [-0.4, -0.2) is 45.5 Å². The number of aromatic amines is 2. The van der Waals surface area contributed by atoms with Crippen molar-refractivity contribution in [1.82, 2.24) is 15.0 Å². The van der Waals surface area contributed by atoms with Crippen LogP contribution in [0.3, 0.4) is 0 Å². The van der Waals surface area contributed by atoms with Crippen molar-refractivity contribution in [2.75, 3.05) is 34.8 Å². The fourth-order valence-corrected chi connectivity index (χ4v) is 4.51. The van der Waals surface area contributed by atoms with Gasteiger partial charge in [0, 0.05) is 48.1 Å². The Hall–Kier alpha value is -3.72. The van der Waals surface area contributed by atoms with Crippen molar-refractivity contribution >= 4 is 40.2 Å². The maximum atomic E-state index is 12.9. The Balaban J connectivity index is 1.32. The first-order valence-electron chi connectivity index (χ1n) is 10.2. The number of hydrogen-bond acceptors (Lipinski definition) is 6. The van der Waals surface area contributed by atoms with E-state index in [0.717, 1.165) is 30.4 Å². The minimum absolute atomic E-state index is 0.214. The third-order valence-corrected chi connectivity index (χ3v) is 6.12. The van der Waals surface area contributed by atoms with Crippen LogP contribution in [-0.2, 0) is 0 Å². The number of rotatable bonds is 5. The van der Waals surface area contributed by atoms with Crippen LogP contribution < -0.4 is 20.6 Å². The van der Waals surface area contributed by atoms with E-state index in [1.807, 2.05) is 17.8 Å². The number of carbonyl (C=O) groups excluding carboxylic acids is 1. The molecule has 0 spiro atoms. The predicted molar refractivity (Wildman–Crippen MR) is 127 cm³/mol. The van der Waals surface area contributed by atoms with Crippen molar-refractivity contribution in [2.45, 2.75) is 0 Å². The summed E-state index contributed by atoms with van der Waals surface area (Å²) in [6.07, 6.45) is 1.67. The Morgan fingerprint density at radius 2 is 1.91 bits per heavy atom. The number of imidazole rings is 1. The molecule has 2 aromatic carbocycles. The average molecular weight is 448 g/mol. The van der Waals surface area contributed by atoms with Crippen molar-refractivity contribution in [3.63, 3.8) is 0 Å². The predicted octanol–water partition coefficient (Wildman–Crippen LogP) is 3.85. The van der Waals surface area contributed by atoms with E-state index in [1.54, 1.807) is 54.7 Å². The molecule has 0 bridgehead atoms. The molecule has 1 fully saturated rings. The smallest absolute Gasteiger partial charge is 0.323 e. The van der Waals surface area contributed by atoms with E-state index in [4.69, 9.17) is 4.74 Å². The quantitative estimate of drug-likeness (QED) is 0.429. The number of fused-ring (bicyclic) bond motifs is 1. The number of H-pyrrole nitrogens is 2. The topological polar surface area (TPSA) is 103 Å². The van der Waals surface area contributed by atoms with E-state index in [-0.39, 0.29) is 11.6 Å². The molecule has 162 valence electrons. The molecule has 3 heterocycles. The van der Waals surface area contributed by atoms with Crippen molar-refractivity contribution in [3.05, 3.63) is 76.8 Å². The highest BCUT2D eigenvalue weighted by molar-refractivity contribution is 7.99. The highest BCUT2D eigenvalue weighted by Crippen LogP contribution is 2.29. The Morgan fingerprint density at radius 3 is 2.78 bits per heavy atom. The van der Waals surface area contributed by atoms with Gasteiger partial charge in [0.25, 0.3) is 5.91 Å². The maximum Gasteiger partial charge on any atom is 0.323 e. The number of hydrogen-bond donors (Lipinski definition) is 3. The number of carbonyl (C=O) groups is 1. The van der Waals surface area contributed by atoms with Gasteiger partial charge in [-0.05, 0) is 36.4 Å². The normalized spacial score (nSPS) is 13.8. The summed E-state index contributed by atoms with van der Waals surface area (Å²) < 4.78 is 5.97. The van der Waals surface area contributed by atoms with Crippen LogP contribution in [0.15, 0.2) is 65.6 Å². The van der Waals surface area contributed by atoms with E-state index in [2.05, 4.69) is 25.2 Å². The van der Waals surface area contributed by atoms with Crippen LogP contribution >= 0.6 is 11.8 Å². The summed E-state index contributed by atoms with van der Waals surface area (Å²) >= 11 is 1.93. The molecule has 3 N–H and O–H groups in total. The van der Waals surface area contributed by atoms with Gasteiger partial charge in [-0.25, -0.2) is 9.78 Å². The summed E-state index contributed by atoms with van der Waals surface area (Å²) in [6, 6.07) is 16.0. The van der Waals surface area contributed by atoms with Gasteiger partial charge in [0.15, 0.2) is 5.75 Å². The fourth-order valence-electron chi connectivity index (χ4n) is 3.61. The molecule has 1 saturated heterocycles. The van der Waals surface area contributed by atoms with E-state index in [1.165, 1.54) is 0 Å². The Morgan fingerprint density at radius 1 is 1.06 bits per heavy atom. The summed E-state index contributed by atoms with van der Waals surface area (Å²) in [5.74, 6) is 3.80. The molecule has 2 aromatic heterocycles. The lowest BCUT2D eigenvalue weighted by molar-refractivity contribution is 0.102. The molecule has 9 heteroatoms. The number of anilines is 2. The van der Waals surface area contributed by atoms with E-state index in [0.29, 0.717) is 33.8 Å². The second-order valence-electron chi connectivity index (χ2n) is 7.34. The zero-order valence-corrected chi connectivity index (χ0v) is 17.9. The Kier molecular flexibility index (Phi) is 5.55. The summed E-state index contributed by atoms with van der Waals surface area (Å²) in [5.41, 5.74) is 2.12. The van der Waals surface area contributed by atoms with Crippen molar-refractivity contribution in [2.24, 2.45) is 0 Å². The van der Waals surface area contributed by atoms with Gasteiger partial charge in [0.1, 0.15) is 17.1 Å². The summed E-state index contributed by atoms with van der Waals surface area (Å²) in [5, 5.41) is 2.92. The lowest BCUT2D eigenvalue weighted by atomic mass is 10.2. The number of amides is 1. The minimum Gasteiger partial charge on any atom is -0.455 e. The molecule has 0 radical (unpaired) electrons. The van der Waals surface area contributed by atoms with Crippen LogP contribution in [0, 0.1) is 0 Å². The third kappa shape index (κ3) is 4.33. The molecule has 32 heavy (non-hydrogen) atoms. The molecular formula is C23H21N5O3S. The molecule has 5 rings (SSSR count). The standard InChI is InChI=1S/C23H21N5O3S/c29-22(15-7-8-24-20(13-15)28-9-11-32-12-10-28)25-16-3-1-4-17(14-16)31-19-6-2-5-18-21(19)27-23(30)26-18/h1-8,13-14H,9-12H2,(H,25,29)(H2,26,27,30). The molecule has 0 unspecified atom stereocenters. The van der Waals surface area contributed by atoms with Gasteiger partial charge in [-0.1, -0.05) is 12.1 Å². The number of benzene rings is 2. The van der Waals surface area contributed by atoms with E-state index < -0.39 is 0 Å². The highest BCUT2D eigenvalue weighted by Gasteiger charge is 2.15. The number of pyridine rings is 1. The van der Waals surface area contributed by atoms with Crippen LogP contribution in [0.1, 0.15) is 10.4 Å². The fraction of sp³-hybridized carbons (Fsp3) is 0.174. The molecule has 1 amide bonds. The average Bonchev–Trinajstić information content (AvgIpc) is 3.21. The van der Waals surface area contributed by atoms with Crippen LogP contribution in [0.4, 0.5) is 11.5 Å². The molecule has 0 aliphatic carbocycles. The van der Waals surface area contributed by atoms with Gasteiger partial charge in [-0.3, -0.25) is 4.79 Å². The third-order valence-electron chi connectivity index (χ3n) is 5.18.